The minimum Gasteiger partial charge on any atom is -0.358 e. The molecule has 2 atom stereocenters. The van der Waals surface area contributed by atoms with Gasteiger partial charge in [-0.3, -0.25) is 14.6 Å². The maximum absolute atomic E-state index is 13.6. The van der Waals surface area contributed by atoms with Crippen LogP contribution in [0.2, 0.25) is 0 Å². The summed E-state index contributed by atoms with van der Waals surface area (Å²) in [6.45, 7) is 7.67. The normalized spacial score (nSPS) is 36.4. The van der Waals surface area contributed by atoms with Gasteiger partial charge in [0.2, 0.25) is 0 Å². The number of hydrogen-bond donors (Lipinski definition) is 1. The Morgan fingerprint density at radius 1 is 0.929 bits per heavy atom. The lowest BCUT2D eigenvalue weighted by atomic mass is 9.58. The van der Waals surface area contributed by atoms with E-state index in [1.165, 1.54) is 27.7 Å². The van der Waals surface area contributed by atoms with Gasteiger partial charge >= 0.3 is 0 Å². The minimum atomic E-state index is -0.400. The van der Waals surface area contributed by atoms with Gasteiger partial charge in [0.05, 0.1) is 17.0 Å². The zero-order valence-corrected chi connectivity index (χ0v) is 16.4. The Morgan fingerprint density at radius 3 is 2.29 bits per heavy atom. The van der Waals surface area contributed by atoms with Crippen molar-refractivity contribution in [1.82, 2.24) is 14.8 Å². The number of rotatable bonds is 2. The second-order valence-electron chi connectivity index (χ2n) is 9.23. The van der Waals surface area contributed by atoms with Crippen LogP contribution < -0.4 is 0 Å². The first-order chi connectivity index (χ1) is 13.5. The van der Waals surface area contributed by atoms with Crippen molar-refractivity contribution in [3.8, 4) is 0 Å². The number of aryl methyl sites for hydroxylation is 1. The Balaban J connectivity index is 1.51. The highest BCUT2D eigenvalue weighted by molar-refractivity contribution is 5.98. The molecule has 2 aromatic carbocycles. The molecule has 4 aliphatic rings. The van der Waals surface area contributed by atoms with Gasteiger partial charge in [0.25, 0.3) is 0 Å². The largest absolute Gasteiger partial charge is 0.358 e. The summed E-state index contributed by atoms with van der Waals surface area (Å²) in [7, 11) is 0. The number of aromatic nitrogens is 1. The third-order valence-corrected chi connectivity index (χ3v) is 7.25. The number of nitrogens with zero attached hydrogens (tertiary/aromatic N) is 2. The van der Waals surface area contributed by atoms with E-state index in [1.807, 2.05) is 6.07 Å². The zero-order chi connectivity index (χ0) is 19.1. The molecule has 4 fully saturated rings. The first-order valence-corrected chi connectivity index (χ1v) is 10.2. The third-order valence-electron chi connectivity index (χ3n) is 7.25. The number of benzene rings is 2. The Hall–Kier alpha value is -2.43. The van der Waals surface area contributed by atoms with Crippen molar-refractivity contribution in [3.05, 3.63) is 71.4 Å². The summed E-state index contributed by atoms with van der Waals surface area (Å²) in [6, 6.07) is 19.0. The van der Waals surface area contributed by atoms with E-state index >= 15 is 0 Å². The first-order valence-electron chi connectivity index (χ1n) is 10.2. The van der Waals surface area contributed by atoms with E-state index < -0.39 is 5.41 Å². The minimum absolute atomic E-state index is 0.245. The molecule has 5 heterocycles. The van der Waals surface area contributed by atoms with Gasteiger partial charge in [-0.25, -0.2) is 0 Å². The molecule has 4 heteroatoms. The Kier molecular flexibility index (Phi) is 3.15. The van der Waals surface area contributed by atoms with Crippen molar-refractivity contribution in [2.45, 2.75) is 25.4 Å². The van der Waals surface area contributed by atoms with Crippen LogP contribution in [0.1, 0.15) is 29.9 Å². The summed E-state index contributed by atoms with van der Waals surface area (Å²) in [6.07, 6.45) is 0.245. The van der Waals surface area contributed by atoms with Gasteiger partial charge in [0, 0.05) is 48.3 Å². The van der Waals surface area contributed by atoms with Crippen LogP contribution in [0.5, 0.6) is 0 Å². The highest BCUT2D eigenvalue weighted by Crippen LogP contribution is 2.54. The van der Waals surface area contributed by atoms with Gasteiger partial charge in [0.1, 0.15) is 0 Å². The highest BCUT2D eigenvalue weighted by Gasteiger charge is 2.64. The van der Waals surface area contributed by atoms with Crippen LogP contribution in [0.3, 0.4) is 0 Å². The molecular weight excluding hydrogens is 346 g/mol. The fourth-order valence-corrected chi connectivity index (χ4v) is 6.31. The summed E-state index contributed by atoms with van der Waals surface area (Å²) in [5.41, 5.74) is 4.31. The maximum atomic E-state index is 13.6. The monoisotopic (exact) mass is 371 g/mol. The number of piperidine rings is 2. The van der Waals surface area contributed by atoms with E-state index in [1.54, 1.807) is 0 Å². The molecule has 0 aliphatic carbocycles. The lowest BCUT2D eigenvalue weighted by Crippen LogP contribution is -2.77. The predicted molar refractivity (Wildman–Crippen MR) is 110 cm³/mol. The summed E-state index contributed by atoms with van der Waals surface area (Å²) in [4.78, 5) is 22.3. The molecule has 4 aliphatic heterocycles. The standard InChI is InChI=1S/C24H25N3O/c1-16-20(18-10-6-7-11-19(18)25-16)21-26-12-23(2)13-27(21)15-24(14-26,22(23)28)17-8-4-3-5-9-17/h3-11,21,25H,12-15H2,1-2H3. The highest BCUT2D eigenvalue weighted by atomic mass is 16.1. The molecule has 0 radical (unpaired) electrons. The second-order valence-corrected chi connectivity index (χ2v) is 9.23. The molecule has 4 bridgehead atoms. The number of nitrogens with one attached hydrogen (secondary N) is 1. The van der Waals surface area contributed by atoms with Crippen molar-refractivity contribution in [2.75, 3.05) is 26.2 Å². The molecule has 142 valence electrons. The number of aromatic amines is 1. The van der Waals surface area contributed by atoms with Crippen LogP contribution >= 0.6 is 0 Å². The van der Waals surface area contributed by atoms with E-state index in [0.29, 0.717) is 5.78 Å². The fraction of sp³-hybridized carbons (Fsp3) is 0.375. The fourth-order valence-electron chi connectivity index (χ4n) is 6.31. The van der Waals surface area contributed by atoms with E-state index in [2.05, 4.69) is 77.2 Å². The van der Waals surface area contributed by atoms with Crippen molar-refractivity contribution < 1.29 is 4.79 Å². The quantitative estimate of drug-likeness (QED) is 0.748. The van der Waals surface area contributed by atoms with Crippen molar-refractivity contribution in [2.24, 2.45) is 5.41 Å². The van der Waals surface area contributed by atoms with Crippen LogP contribution in [0, 0.1) is 12.3 Å². The van der Waals surface area contributed by atoms with Gasteiger partial charge in [-0.15, -0.1) is 0 Å². The number of fused-ring (bicyclic) bond motifs is 1. The molecular formula is C24H25N3O. The van der Waals surface area contributed by atoms with E-state index in [-0.39, 0.29) is 11.6 Å². The lowest BCUT2D eigenvalue weighted by molar-refractivity contribution is -0.185. The maximum Gasteiger partial charge on any atom is 0.154 e. The van der Waals surface area contributed by atoms with Crippen LogP contribution in [-0.2, 0) is 10.2 Å². The van der Waals surface area contributed by atoms with Crippen LogP contribution in [0.15, 0.2) is 54.6 Å². The third kappa shape index (κ3) is 1.94. The summed E-state index contributed by atoms with van der Waals surface area (Å²) in [5.74, 6) is 0.438. The molecule has 7 rings (SSSR count). The Bertz CT molecular complexity index is 1080. The Labute approximate surface area is 165 Å². The number of carbonyl (C=O) groups is 1. The zero-order valence-electron chi connectivity index (χ0n) is 16.4. The van der Waals surface area contributed by atoms with Crippen molar-refractivity contribution in [3.63, 3.8) is 0 Å². The number of ketones is 1. The molecule has 0 saturated carbocycles. The summed E-state index contributed by atoms with van der Waals surface area (Å²) >= 11 is 0. The Morgan fingerprint density at radius 2 is 1.57 bits per heavy atom. The van der Waals surface area contributed by atoms with Gasteiger partial charge in [-0.05, 0) is 18.6 Å². The molecule has 4 nitrogen and oxygen atoms in total. The summed E-state index contributed by atoms with van der Waals surface area (Å²) < 4.78 is 0. The molecule has 1 aromatic heterocycles. The average Bonchev–Trinajstić information content (AvgIpc) is 3.01. The van der Waals surface area contributed by atoms with Crippen LogP contribution in [-0.4, -0.2) is 46.7 Å². The number of carbonyl (C=O) groups excluding carboxylic acids is 1. The predicted octanol–water partition coefficient (Wildman–Crippen LogP) is 3.63. The van der Waals surface area contributed by atoms with Gasteiger partial charge in [-0.2, -0.15) is 0 Å². The second kappa shape index (κ2) is 5.34. The molecule has 4 saturated heterocycles. The van der Waals surface area contributed by atoms with Gasteiger partial charge in [-0.1, -0.05) is 55.5 Å². The number of H-pyrrole nitrogens is 1. The van der Waals surface area contributed by atoms with Gasteiger partial charge in [0.15, 0.2) is 5.78 Å². The molecule has 28 heavy (non-hydrogen) atoms. The van der Waals surface area contributed by atoms with E-state index in [0.717, 1.165) is 26.2 Å². The molecule has 3 aromatic rings. The van der Waals surface area contributed by atoms with Crippen LogP contribution in [0.25, 0.3) is 10.9 Å². The lowest BCUT2D eigenvalue weighted by Gasteiger charge is -2.65. The smallest absolute Gasteiger partial charge is 0.154 e. The number of para-hydroxylation sites is 1. The van der Waals surface area contributed by atoms with E-state index in [4.69, 9.17) is 0 Å². The molecule has 1 N–H and O–H groups in total. The molecule has 0 amide bonds. The van der Waals surface area contributed by atoms with E-state index in [9.17, 15) is 4.79 Å². The number of hydrogen-bond acceptors (Lipinski definition) is 3. The van der Waals surface area contributed by atoms with Gasteiger partial charge < -0.3 is 4.98 Å². The SMILES string of the molecule is Cc1[nH]c2ccccc2c1C1N2CC3(C)CN1CC(c1ccccc1)(C2)C3=O. The number of Topliss-reactive ketones (excluding diaryl/α,β-unsaturated/α-hetero) is 1. The summed E-state index contributed by atoms with van der Waals surface area (Å²) in [5, 5.41) is 1.31. The topological polar surface area (TPSA) is 39.3 Å². The van der Waals surface area contributed by atoms with Crippen molar-refractivity contribution >= 4 is 16.7 Å². The van der Waals surface area contributed by atoms with Crippen molar-refractivity contribution in [1.29, 1.82) is 0 Å². The molecule has 2 unspecified atom stereocenters. The first kappa shape index (κ1) is 16.5. The average molecular weight is 371 g/mol. The molecule has 0 spiro atoms. The van der Waals surface area contributed by atoms with Crippen LogP contribution in [0.4, 0.5) is 0 Å².